The Balaban J connectivity index is 2.12. The molecular weight excluding hydrogens is 278 g/mol. The Morgan fingerprint density at radius 3 is 2.32 bits per heavy atom. The first kappa shape index (κ1) is 15.8. The minimum absolute atomic E-state index is 0.257. The van der Waals surface area contributed by atoms with E-state index < -0.39 is 12.0 Å². The number of amides is 1. The normalized spacial score (nSPS) is 11.7. The van der Waals surface area contributed by atoms with E-state index in [1.165, 1.54) is 0 Å². The van der Waals surface area contributed by atoms with Crippen molar-refractivity contribution in [3.8, 4) is 0 Å². The molecule has 4 heteroatoms. The summed E-state index contributed by atoms with van der Waals surface area (Å²) < 4.78 is 0. The van der Waals surface area contributed by atoms with Crippen LogP contribution in [0.4, 0.5) is 0 Å². The van der Waals surface area contributed by atoms with Crippen molar-refractivity contribution in [2.75, 3.05) is 0 Å². The maximum absolute atomic E-state index is 12.2. The fraction of sp³-hybridized carbons (Fsp3) is 0.222. The van der Waals surface area contributed by atoms with Gasteiger partial charge in [0.15, 0.2) is 0 Å². The number of aliphatic carboxylic acids is 1. The van der Waals surface area contributed by atoms with E-state index in [-0.39, 0.29) is 12.3 Å². The Labute approximate surface area is 129 Å². The maximum Gasteiger partial charge on any atom is 0.326 e. The smallest absolute Gasteiger partial charge is 0.326 e. The van der Waals surface area contributed by atoms with Crippen LogP contribution in [0.1, 0.15) is 27.0 Å². The molecule has 0 aliphatic heterocycles. The van der Waals surface area contributed by atoms with Gasteiger partial charge in [-0.15, -0.1) is 0 Å². The molecule has 2 aromatic rings. The van der Waals surface area contributed by atoms with Crippen molar-refractivity contribution in [1.82, 2.24) is 5.32 Å². The number of hydrogen-bond donors (Lipinski definition) is 2. The standard InChI is InChI=1S/C18H19NO3/c1-12-8-9-15(10-13(12)2)17(20)19-16(18(21)22)11-14-6-4-3-5-7-14/h3-10,16H,11H2,1-2H3,(H,19,20)(H,21,22). The largest absolute Gasteiger partial charge is 0.480 e. The van der Waals surface area contributed by atoms with E-state index in [0.29, 0.717) is 5.56 Å². The molecule has 2 aromatic carbocycles. The third-order valence-electron chi connectivity index (χ3n) is 3.66. The minimum atomic E-state index is -1.04. The van der Waals surface area contributed by atoms with Crippen LogP contribution in [0.15, 0.2) is 48.5 Å². The second-order valence-electron chi connectivity index (χ2n) is 5.35. The van der Waals surface area contributed by atoms with Crippen LogP contribution in [0, 0.1) is 13.8 Å². The highest BCUT2D eigenvalue weighted by molar-refractivity contribution is 5.96. The molecule has 0 saturated carbocycles. The molecule has 0 radical (unpaired) electrons. The summed E-state index contributed by atoms with van der Waals surface area (Å²) in [6, 6.07) is 13.6. The lowest BCUT2D eigenvalue weighted by molar-refractivity contribution is -0.139. The number of benzene rings is 2. The fourth-order valence-corrected chi connectivity index (χ4v) is 2.17. The molecule has 1 unspecified atom stereocenters. The monoisotopic (exact) mass is 297 g/mol. The molecule has 1 amide bonds. The van der Waals surface area contributed by atoms with E-state index in [0.717, 1.165) is 16.7 Å². The SMILES string of the molecule is Cc1ccc(C(=O)NC(Cc2ccccc2)C(=O)O)cc1C. The number of rotatable bonds is 5. The number of carboxylic acids is 1. The lowest BCUT2D eigenvalue weighted by atomic mass is 10.0. The van der Waals surface area contributed by atoms with Gasteiger partial charge in [0.05, 0.1) is 0 Å². The third-order valence-corrected chi connectivity index (χ3v) is 3.66. The molecule has 22 heavy (non-hydrogen) atoms. The minimum Gasteiger partial charge on any atom is -0.480 e. The third kappa shape index (κ3) is 3.95. The van der Waals surface area contributed by atoms with Gasteiger partial charge in [-0.2, -0.15) is 0 Å². The van der Waals surface area contributed by atoms with Gasteiger partial charge in [0.1, 0.15) is 6.04 Å². The topological polar surface area (TPSA) is 66.4 Å². The average Bonchev–Trinajstić information content (AvgIpc) is 2.50. The first-order chi connectivity index (χ1) is 10.5. The van der Waals surface area contributed by atoms with Crippen LogP contribution in [-0.2, 0) is 11.2 Å². The van der Waals surface area contributed by atoms with Gasteiger partial charge in [-0.3, -0.25) is 4.79 Å². The van der Waals surface area contributed by atoms with Gasteiger partial charge in [0.25, 0.3) is 5.91 Å². The zero-order valence-corrected chi connectivity index (χ0v) is 12.7. The molecule has 0 aromatic heterocycles. The average molecular weight is 297 g/mol. The molecule has 4 nitrogen and oxygen atoms in total. The number of carbonyl (C=O) groups excluding carboxylic acids is 1. The highest BCUT2D eigenvalue weighted by atomic mass is 16.4. The van der Waals surface area contributed by atoms with Crippen molar-refractivity contribution in [2.45, 2.75) is 26.3 Å². The van der Waals surface area contributed by atoms with Crippen molar-refractivity contribution in [1.29, 1.82) is 0 Å². The first-order valence-corrected chi connectivity index (χ1v) is 7.12. The van der Waals surface area contributed by atoms with Crippen LogP contribution in [0.3, 0.4) is 0 Å². The summed E-state index contributed by atoms with van der Waals surface area (Å²) in [5.41, 5.74) is 3.44. The van der Waals surface area contributed by atoms with Crippen LogP contribution in [-0.4, -0.2) is 23.0 Å². The number of aryl methyl sites for hydroxylation is 2. The van der Waals surface area contributed by atoms with Gasteiger partial charge >= 0.3 is 5.97 Å². The predicted octanol–water partition coefficient (Wildman–Crippen LogP) is 2.73. The molecule has 0 spiro atoms. The molecule has 0 bridgehead atoms. The fourth-order valence-electron chi connectivity index (χ4n) is 2.17. The summed E-state index contributed by atoms with van der Waals surface area (Å²) in [5.74, 6) is -1.41. The molecule has 0 aliphatic rings. The van der Waals surface area contributed by atoms with Crippen LogP contribution < -0.4 is 5.32 Å². The Bertz CT molecular complexity index is 680. The Morgan fingerprint density at radius 1 is 1.05 bits per heavy atom. The van der Waals surface area contributed by atoms with E-state index in [1.807, 2.05) is 50.2 Å². The summed E-state index contributed by atoms with van der Waals surface area (Å²) in [6.45, 7) is 3.89. The maximum atomic E-state index is 12.2. The summed E-state index contributed by atoms with van der Waals surface area (Å²) in [7, 11) is 0. The molecule has 0 fully saturated rings. The number of carbonyl (C=O) groups is 2. The van der Waals surface area contributed by atoms with Crippen LogP contribution >= 0.6 is 0 Å². The quantitative estimate of drug-likeness (QED) is 0.891. The van der Waals surface area contributed by atoms with E-state index in [1.54, 1.807) is 12.1 Å². The van der Waals surface area contributed by atoms with E-state index in [4.69, 9.17) is 0 Å². The van der Waals surface area contributed by atoms with Crippen molar-refractivity contribution >= 4 is 11.9 Å². The van der Waals surface area contributed by atoms with E-state index >= 15 is 0 Å². The van der Waals surface area contributed by atoms with E-state index in [9.17, 15) is 14.7 Å². The number of carboxylic acid groups (broad SMARTS) is 1. The zero-order valence-electron chi connectivity index (χ0n) is 12.7. The number of nitrogens with one attached hydrogen (secondary N) is 1. The summed E-state index contributed by atoms with van der Waals surface area (Å²) in [4.78, 5) is 23.6. The predicted molar refractivity (Wildman–Crippen MR) is 85.0 cm³/mol. The molecule has 2 rings (SSSR count). The molecular formula is C18H19NO3. The van der Waals surface area contributed by atoms with E-state index in [2.05, 4.69) is 5.32 Å². The zero-order chi connectivity index (χ0) is 16.1. The lowest BCUT2D eigenvalue weighted by Gasteiger charge is -2.15. The second-order valence-corrected chi connectivity index (χ2v) is 5.35. The molecule has 2 N–H and O–H groups in total. The van der Waals surface area contributed by atoms with Gasteiger partial charge in [0, 0.05) is 12.0 Å². The lowest BCUT2D eigenvalue weighted by Crippen LogP contribution is -2.42. The second kappa shape index (κ2) is 6.89. The summed E-state index contributed by atoms with van der Waals surface area (Å²) in [6.07, 6.45) is 0.257. The van der Waals surface area contributed by atoms with Crippen LogP contribution in [0.25, 0.3) is 0 Å². The molecule has 0 aliphatic carbocycles. The van der Waals surface area contributed by atoms with Gasteiger partial charge in [-0.25, -0.2) is 4.79 Å². The Hall–Kier alpha value is -2.62. The Kier molecular flexibility index (Phi) is 4.94. The van der Waals surface area contributed by atoms with Gasteiger partial charge in [-0.1, -0.05) is 36.4 Å². The van der Waals surface area contributed by atoms with Crippen LogP contribution in [0.5, 0.6) is 0 Å². The summed E-state index contributed by atoms with van der Waals surface area (Å²) >= 11 is 0. The van der Waals surface area contributed by atoms with Crippen molar-refractivity contribution < 1.29 is 14.7 Å². The van der Waals surface area contributed by atoms with Crippen molar-refractivity contribution in [2.24, 2.45) is 0 Å². The molecule has 1 atom stereocenters. The number of hydrogen-bond acceptors (Lipinski definition) is 2. The van der Waals surface area contributed by atoms with Gasteiger partial charge < -0.3 is 10.4 Å². The van der Waals surface area contributed by atoms with Gasteiger partial charge in [0.2, 0.25) is 0 Å². The molecule has 0 saturated heterocycles. The van der Waals surface area contributed by atoms with Crippen molar-refractivity contribution in [3.05, 3.63) is 70.8 Å². The highest BCUT2D eigenvalue weighted by Crippen LogP contribution is 2.11. The summed E-state index contributed by atoms with van der Waals surface area (Å²) in [5, 5.41) is 11.9. The van der Waals surface area contributed by atoms with Crippen LogP contribution in [0.2, 0.25) is 0 Å². The first-order valence-electron chi connectivity index (χ1n) is 7.12. The molecule has 114 valence electrons. The van der Waals surface area contributed by atoms with Crippen molar-refractivity contribution in [3.63, 3.8) is 0 Å². The Morgan fingerprint density at radius 2 is 1.73 bits per heavy atom. The van der Waals surface area contributed by atoms with Gasteiger partial charge in [-0.05, 0) is 42.7 Å². The highest BCUT2D eigenvalue weighted by Gasteiger charge is 2.21. The molecule has 0 heterocycles.